The fourth-order valence-corrected chi connectivity index (χ4v) is 3.35. The molecule has 1 aromatic heterocycles. The average molecular weight is 340 g/mol. The van der Waals surface area contributed by atoms with Crippen LogP contribution in [0.25, 0.3) is 0 Å². The zero-order chi connectivity index (χ0) is 17.3. The molecule has 0 aliphatic carbocycles. The van der Waals surface area contributed by atoms with Crippen LogP contribution in [0.15, 0.2) is 48.4 Å². The molecule has 3 amide bonds. The van der Waals surface area contributed by atoms with E-state index >= 15 is 0 Å². The summed E-state index contributed by atoms with van der Waals surface area (Å²) in [4.78, 5) is 39.1. The van der Waals surface area contributed by atoms with Gasteiger partial charge in [0.1, 0.15) is 0 Å². The van der Waals surface area contributed by atoms with E-state index in [-0.39, 0.29) is 30.0 Å². The molecule has 1 atom stereocenters. The van der Waals surface area contributed by atoms with Gasteiger partial charge in [0.15, 0.2) is 0 Å². The van der Waals surface area contributed by atoms with Gasteiger partial charge in [-0.05, 0) is 36.6 Å². The number of rotatable bonds is 5. The van der Waals surface area contributed by atoms with E-state index in [1.54, 1.807) is 17.4 Å². The molecular formula is C18H16N2O3S. The molecule has 0 bridgehead atoms. The monoisotopic (exact) mass is 340 g/mol. The van der Waals surface area contributed by atoms with Crippen molar-refractivity contribution >= 4 is 29.1 Å². The van der Waals surface area contributed by atoms with Crippen molar-refractivity contribution in [1.82, 2.24) is 10.2 Å². The molecule has 1 aliphatic rings. The first-order valence-corrected chi connectivity index (χ1v) is 8.36. The Balaban J connectivity index is 1.82. The normalized spacial score (nSPS) is 14.5. The minimum Gasteiger partial charge on any atom is -0.345 e. The van der Waals surface area contributed by atoms with Crippen molar-refractivity contribution in [2.24, 2.45) is 0 Å². The van der Waals surface area contributed by atoms with Gasteiger partial charge in [-0.1, -0.05) is 12.1 Å². The third-order valence-corrected chi connectivity index (χ3v) is 4.92. The Morgan fingerprint density at radius 3 is 2.71 bits per heavy atom. The number of benzene rings is 1. The quantitative estimate of drug-likeness (QED) is 0.672. The first-order valence-electron chi connectivity index (χ1n) is 7.48. The summed E-state index contributed by atoms with van der Waals surface area (Å²) in [5, 5.41) is 4.85. The fraction of sp³-hybridized carbons (Fsp3) is 0.167. The van der Waals surface area contributed by atoms with Crippen molar-refractivity contribution in [3.05, 3.63) is 69.9 Å². The molecule has 2 heterocycles. The van der Waals surface area contributed by atoms with Crippen molar-refractivity contribution in [1.29, 1.82) is 0 Å². The smallest absolute Gasteiger partial charge is 0.261 e. The number of amides is 3. The van der Waals surface area contributed by atoms with Gasteiger partial charge in [0.05, 0.1) is 17.2 Å². The van der Waals surface area contributed by atoms with Crippen LogP contribution < -0.4 is 5.32 Å². The molecule has 6 heteroatoms. The Morgan fingerprint density at radius 1 is 1.29 bits per heavy atom. The van der Waals surface area contributed by atoms with Crippen molar-refractivity contribution < 1.29 is 14.4 Å². The molecule has 122 valence electrons. The Hall–Kier alpha value is -2.73. The van der Waals surface area contributed by atoms with Gasteiger partial charge in [0.2, 0.25) is 0 Å². The molecule has 0 fully saturated rings. The highest BCUT2D eigenvalue weighted by Crippen LogP contribution is 2.24. The molecule has 0 saturated carbocycles. The van der Waals surface area contributed by atoms with Gasteiger partial charge >= 0.3 is 0 Å². The molecule has 1 N–H and O–H groups in total. The maximum atomic E-state index is 12.4. The molecule has 1 aliphatic heterocycles. The summed E-state index contributed by atoms with van der Waals surface area (Å²) in [5.41, 5.74) is 0.946. The number of thiophene rings is 1. The van der Waals surface area contributed by atoms with Crippen LogP contribution >= 0.6 is 11.3 Å². The van der Waals surface area contributed by atoms with E-state index in [0.29, 0.717) is 11.1 Å². The van der Waals surface area contributed by atoms with E-state index in [1.165, 1.54) is 18.2 Å². The minimum atomic E-state index is -0.393. The standard InChI is InChI=1S/C18H16N2O3S/c1-3-8-20-17(22)13-7-6-12(10-14(13)18(20)23)16(21)19-11(2)15-5-4-9-24-15/h3-7,9-11H,1,8H2,2H3,(H,19,21)/t11-/m1/s1. The van der Waals surface area contributed by atoms with Gasteiger partial charge < -0.3 is 5.32 Å². The van der Waals surface area contributed by atoms with Gasteiger partial charge in [-0.15, -0.1) is 17.9 Å². The zero-order valence-electron chi connectivity index (χ0n) is 13.1. The summed E-state index contributed by atoms with van der Waals surface area (Å²) in [7, 11) is 0. The van der Waals surface area contributed by atoms with Crippen LogP contribution in [0.5, 0.6) is 0 Å². The maximum Gasteiger partial charge on any atom is 0.261 e. The van der Waals surface area contributed by atoms with E-state index < -0.39 is 5.91 Å². The average Bonchev–Trinajstić information content (AvgIpc) is 3.19. The molecule has 0 saturated heterocycles. The lowest BCUT2D eigenvalue weighted by atomic mass is 10.0. The summed E-state index contributed by atoms with van der Waals surface area (Å²) in [5.74, 6) is -1.02. The number of fused-ring (bicyclic) bond motifs is 1. The van der Waals surface area contributed by atoms with Crippen LogP contribution in [0.1, 0.15) is 48.9 Å². The van der Waals surface area contributed by atoms with Crippen molar-refractivity contribution in [2.45, 2.75) is 13.0 Å². The molecule has 2 aromatic rings. The summed E-state index contributed by atoms with van der Waals surface area (Å²) >= 11 is 1.57. The first-order chi connectivity index (χ1) is 11.5. The summed E-state index contributed by atoms with van der Waals surface area (Å²) in [6.45, 7) is 5.61. The third kappa shape index (κ3) is 2.76. The van der Waals surface area contributed by atoms with Gasteiger partial charge in [-0.25, -0.2) is 0 Å². The SMILES string of the molecule is C=CCN1C(=O)c2ccc(C(=O)N[C@H](C)c3cccs3)cc2C1=O. The van der Waals surface area contributed by atoms with Crippen LogP contribution in [-0.4, -0.2) is 29.2 Å². The highest BCUT2D eigenvalue weighted by Gasteiger charge is 2.35. The van der Waals surface area contributed by atoms with Crippen LogP contribution in [0.2, 0.25) is 0 Å². The number of hydrogen-bond acceptors (Lipinski definition) is 4. The van der Waals surface area contributed by atoms with Crippen molar-refractivity contribution in [3.63, 3.8) is 0 Å². The lowest BCUT2D eigenvalue weighted by molar-refractivity contribution is 0.0672. The maximum absolute atomic E-state index is 12.4. The van der Waals surface area contributed by atoms with Crippen LogP contribution in [-0.2, 0) is 0 Å². The Labute approximate surface area is 143 Å². The van der Waals surface area contributed by atoms with E-state index in [1.807, 2.05) is 24.4 Å². The Morgan fingerprint density at radius 2 is 2.04 bits per heavy atom. The van der Waals surface area contributed by atoms with Gasteiger partial charge in [-0.2, -0.15) is 0 Å². The second kappa shape index (κ2) is 6.41. The lowest BCUT2D eigenvalue weighted by Crippen LogP contribution is -2.29. The predicted molar refractivity (Wildman–Crippen MR) is 92.2 cm³/mol. The topological polar surface area (TPSA) is 66.5 Å². The van der Waals surface area contributed by atoms with Gasteiger partial charge in [-0.3, -0.25) is 19.3 Å². The number of hydrogen-bond donors (Lipinski definition) is 1. The fourth-order valence-electron chi connectivity index (χ4n) is 2.62. The molecule has 3 rings (SSSR count). The van der Waals surface area contributed by atoms with Crippen LogP contribution in [0.4, 0.5) is 0 Å². The third-order valence-electron chi connectivity index (χ3n) is 3.86. The molecular weight excluding hydrogens is 324 g/mol. The van der Waals surface area contributed by atoms with Gasteiger partial charge in [0.25, 0.3) is 17.7 Å². The number of nitrogens with zero attached hydrogens (tertiary/aromatic N) is 1. The lowest BCUT2D eigenvalue weighted by Gasteiger charge is -2.12. The van der Waals surface area contributed by atoms with E-state index in [9.17, 15) is 14.4 Å². The number of carbonyl (C=O) groups excluding carboxylic acids is 3. The van der Waals surface area contributed by atoms with E-state index in [0.717, 1.165) is 9.78 Å². The second-order valence-electron chi connectivity index (χ2n) is 5.48. The van der Waals surface area contributed by atoms with Crippen molar-refractivity contribution in [3.8, 4) is 0 Å². The molecule has 0 radical (unpaired) electrons. The van der Waals surface area contributed by atoms with E-state index in [2.05, 4.69) is 11.9 Å². The summed E-state index contributed by atoms with van der Waals surface area (Å²) < 4.78 is 0. The highest BCUT2D eigenvalue weighted by molar-refractivity contribution is 7.10. The number of carbonyl (C=O) groups is 3. The number of imide groups is 1. The highest BCUT2D eigenvalue weighted by atomic mass is 32.1. The minimum absolute atomic E-state index is 0.125. The predicted octanol–water partition coefficient (Wildman–Crippen LogP) is 3.02. The van der Waals surface area contributed by atoms with Gasteiger partial charge in [0, 0.05) is 17.0 Å². The largest absolute Gasteiger partial charge is 0.345 e. The van der Waals surface area contributed by atoms with Crippen molar-refractivity contribution in [2.75, 3.05) is 6.54 Å². The summed E-state index contributed by atoms with van der Waals surface area (Å²) in [6.07, 6.45) is 1.50. The molecule has 0 unspecified atom stereocenters. The zero-order valence-corrected chi connectivity index (χ0v) is 13.9. The summed E-state index contributed by atoms with van der Waals surface area (Å²) in [6, 6.07) is 8.33. The first kappa shape index (κ1) is 16.1. The van der Waals surface area contributed by atoms with Crippen LogP contribution in [0.3, 0.4) is 0 Å². The van der Waals surface area contributed by atoms with E-state index in [4.69, 9.17) is 0 Å². The van der Waals surface area contributed by atoms with Crippen LogP contribution in [0, 0.1) is 0 Å². The number of nitrogens with one attached hydrogen (secondary N) is 1. The molecule has 0 spiro atoms. The molecule has 24 heavy (non-hydrogen) atoms. The Kier molecular flexibility index (Phi) is 4.31. The second-order valence-corrected chi connectivity index (χ2v) is 6.46. The molecule has 5 nitrogen and oxygen atoms in total. The molecule has 1 aromatic carbocycles. The Bertz CT molecular complexity index is 827.